The van der Waals surface area contributed by atoms with Crippen LogP contribution in [0.3, 0.4) is 0 Å². The minimum Gasteiger partial charge on any atom is -0.444 e. The van der Waals surface area contributed by atoms with E-state index >= 15 is 0 Å². The van der Waals surface area contributed by atoms with Crippen molar-refractivity contribution in [3.05, 3.63) is 35.9 Å². The van der Waals surface area contributed by atoms with E-state index in [1.54, 1.807) is 20.8 Å². The Hall–Kier alpha value is -1.69. The second-order valence-corrected chi connectivity index (χ2v) is 5.52. The Morgan fingerprint density at radius 2 is 1.86 bits per heavy atom. The fourth-order valence-electron chi connectivity index (χ4n) is 1.62. The van der Waals surface area contributed by atoms with E-state index in [4.69, 9.17) is 4.74 Å². The highest BCUT2D eigenvalue weighted by molar-refractivity contribution is 5.68. The first-order chi connectivity index (χ1) is 9.78. The van der Waals surface area contributed by atoms with Gasteiger partial charge in [-0.25, -0.2) is 4.79 Å². The summed E-state index contributed by atoms with van der Waals surface area (Å²) in [6.07, 6.45) is -0.552. The molecule has 0 saturated heterocycles. The Bertz CT molecular complexity index is 432. The van der Waals surface area contributed by atoms with Gasteiger partial charge in [-0.15, -0.1) is 0 Å². The van der Waals surface area contributed by atoms with E-state index in [1.807, 2.05) is 30.3 Å². The normalized spacial score (nSPS) is 11.5. The number of hydrogen-bond acceptors (Lipinski definition) is 3. The molecule has 0 heterocycles. The van der Waals surface area contributed by atoms with Gasteiger partial charge in [-0.05, 0) is 26.3 Å². The Kier molecular flexibility index (Phi) is 6.55. The average molecular weight is 301 g/mol. The standard InChI is InChI=1S/C15H21F2NO3/c1-15(2,3)21-14(19)18(9-10-20-13(16)17)11-12-7-5-4-6-8-12/h4-8,13H,9-11H2,1-3H3. The molecule has 0 aliphatic heterocycles. The van der Waals surface area contributed by atoms with Crippen LogP contribution in [0.2, 0.25) is 0 Å². The fourth-order valence-corrected chi connectivity index (χ4v) is 1.62. The van der Waals surface area contributed by atoms with Gasteiger partial charge in [0.05, 0.1) is 6.61 Å². The molecule has 118 valence electrons. The predicted octanol–water partition coefficient (Wildman–Crippen LogP) is 3.66. The van der Waals surface area contributed by atoms with Gasteiger partial charge in [0.2, 0.25) is 0 Å². The zero-order valence-electron chi connectivity index (χ0n) is 12.5. The Labute approximate surface area is 123 Å². The van der Waals surface area contributed by atoms with Crippen molar-refractivity contribution in [1.29, 1.82) is 0 Å². The van der Waals surface area contributed by atoms with Gasteiger partial charge in [0.1, 0.15) is 5.60 Å². The van der Waals surface area contributed by atoms with Gasteiger partial charge in [-0.1, -0.05) is 30.3 Å². The summed E-state index contributed by atoms with van der Waals surface area (Å²) in [6.45, 7) is 2.48. The van der Waals surface area contributed by atoms with Crippen LogP contribution < -0.4 is 0 Å². The summed E-state index contributed by atoms with van der Waals surface area (Å²) in [4.78, 5) is 13.4. The second kappa shape index (κ2) is 7.93. The van der Waals surface area contributed by atoms with E-state index in [9.17, 15) is 13.6 Å². The largest absolute Gasteiger partial charge is 0.444 e. The maximum Gasteiger partial charge on any atom is 0.410 e. The number of ether oxygens (including phenoxy) is 2. The maximum atomic E-state index is 12.1. The van der Waals surface area contributed by atoms with Crippen molar-refractivity contribution in [2.75, 3.05) is 13.2 Å². The minimum absolute atomic E-state index is 0.0359. The number of carbonyl (C=O) groups is 1. The fraction of sp³-hybridized carbons (Fsp3) is 0.533. The molecule has 0 aliphatic rings. The molecule has 0 saturated carbocycles. The minimum atomic E-state index is -2.85. The third kappa shape index (κ3) is 7.60. The lowest BCUT2D eigenvalue weighted by Gasteiger charge is -2.27. The molecule has 0 unspecified atom stereocenters. The van der Waals surface area contributed by atoms with Crippen LogP contribution in [0.25, 0.3) is 0 Å². The average Bonchev–Trinajstić information content (AvgIpc) is 2.36. The zero-order valence-corrected chi connectivity index (χ0v) is 12.5. The summed E-state index contributed by atoms with van der Waals surface area (Å²) in [5.41, 5.74) is 0.246. The molecule has 1 amide bonds. The van der Waals surface area contributed by atoms with Crippen LogP contribution in [0.15, 0.2) is 30.3 Å². The van der Waals surface area contributed by atoms with Crippen LogP contribution >= 0.6 is 0 Å². The van der Waals surface area contributed by atoms with Gasteiger partial charge in [-0.3, -0.25) is 0 Å². The van der Waals surface area contributed by atoms with Gasteiger partial charge < -0.3 is 14.4 Å². The molecular formula is C15H21F2NO3. The lowest BCUT2D eigenvalue weighted by atomic mass is 10.2. The van der Waals surface area contributed by atoms with Crippen LogP contribution in [0, 0.1) is 0 Å². The first kappa shape index (κ1) is 17.4. The Balaban J connectivity index is 2.67. The van der Waals surface area contributed by atoms with Gasteiger partial charge in [-0.2, -0.15) is 8.78 Å². The molecule has 1 aromatic rings. The van der Waals surface area contributed by atoms with E-state index in [1.165, 1.54) is 4.90 Å². The number of carbonyl (C=O) groups excluding carboxylic acids is 1. The van der Waals surface area contributed by atoms with Crippen LogP contribution in [0.1, 0.15) is 26.3 Å². The quantitative estimate of drug-likeness (QED) is 0.805. The van der Waals surface area contributed by atoms with E-state index in [-0.39, 0.29) is 19.7 Å². The number of benzene rings is 1. The third-order valence-electron chi connectivity index (χ3n) is 2.47. The molecule has 0 fully saturated rings. The number of rotatable bonds is 6. The van der Waals surface area contributed by atoms with Crippen molar-refractivity contribution in [2.24, 2.45) is 0 Å². The smallest absolute Gasteiger partial charge is 0.410 e. The van der Waals surface area contributed by atoms with Crippen molar-refractivity contribution in [2.45, 2.75) is 39.5 Å². The van der Waals surface area contributed by atoms with Crippen molar-refractivity contribution in [3.63, 3.8) is 0 Å². The summed E-state index contributed by atoms with van der Waals surface area (Å²) in [5, 5.41) is 0. The Morgan fingerprint density at radius 3 is 2.38 bits per heavy atom. The summed E-state index contributed by atoms with van der Waals surface area (Å²) in [5.74, 6) is 0. The number of alkyl halides is 2. The molecular weight excluding hydrogens is 280 g/mol. The number of nitrogens with zero attached hydrogens (tertiary/aromatic N) is 1. The summed E-state index contributed by atoms with van der Waals surface area (Å²) in [6, 6.07) is 9.26. The monoisotopic (exact) mass is 301 g/mol. The SMILES string of the molecule is CC(C)(C)OC(=O)N(CCOC(F)F)Cc1ccccc1. The summed E-state index contributed by atoms with van der Waals surface area (Å²) < 4.78 is 33.5. The molecule has 0 N–H and O–H groups in total. The third-order valence-corrected chi connectivity index (χ3v) is 2.47. The highest BCUT2D eigenvalue weighted by Gasteiger charge is 2.22. The summed E-state index contributed by atoms with van der Waals surface area (Å²) in [7, 11) is 0. The number of hydrogen-bond donors (Lipinski definition) is 0. The second-order valence-electron chi connectivity index (χ2n) is 5.52. The van der Waals surface area contributed by atoms with Gasteiger partial charge in [0, 0.05) is 13.1 Å². The molecule has 6 heteroatoms. The maximum absolute atomic E-state index is 12.1. The Morgan fingerprint density at radius 1 is 1.24 bits per heavy atom. The first-order valence-electron chi connectivity index (χ1n) is 6.69. The molecule has 0 spiro atoms. The lowest BCUT2D eigenvalue weighted by molar-refractivity contribution is -0.131. The predicted molar refractivity (Wildman–Crippen MR) is 75.0 cm³/mol. The number of amides is 1. The first-order valence-corrected chi connectivity index (χ1v) is 6.69. The highest BCUT2D eigenvalue weighted by atomic mass is 19.3. The molecule has 1 rings (SSSR count). The van der Waals surface area contributed by atoms with Gasteiger partial charge in [0.25, 0.3) is 0 Å². The van der Waals surface area contributed by atoms with E-state index in [0.717, 1.165) is 5.56 Å². The lowest BCUT2D eigenvalue weighted by Crippen LogP contribution is -2.38. The molecule has 4 nitrogen and oxygen atoms in total. The van der Waals surface area contributed by atoms with E-state index in [0.29, 0.717) is 0 Å². The van der Waals surface area contributed by atoms with Crippen molar-refractivity contribution >= 4 is 6.09 Å². The zero-order chi connectivity index (χ0) is 15.9. The topological polar surface area (TPSA) is 38.8 Å². The van der Waals surface area contributed by atoms with Crippen LogP contribution in [0.5, 0.6) is 0 Å². The molecule has 1 aromatic carbocycles. The van der Waals surface area contributed by atoms with Gasteiger partial charge in [0.15, 0.2) is 0 Å². The van der Waals surface area contributed by atoms with E-state index in [2.05, 4.69) is 4.74 Å². The van der Waals surface area contributed by atoms with Gasteiger partial charge >= 0.3 is 12.7 Å². The van der Waals surface area contributed by atoms with Crippen molar-refractivity contribution < 1.29 is 23.0 Å². The molecule has 0 aromatic heterocycles. The number of halogens is 2. The molecule has 0 aliphatic carbocycles. The van der Waals surface area contributed by atoms with Crippen molar-refractivity contribution in [3.8, 4) is 0 Å². The van der Waals surface area contributed by atoms with Crippen molar-refractivity contribution in [1.82, 2.24) is 4.90 Å². The highest BCUT2D eigenvalue weighted by Crippen LogP contribution is 2.13. The van der Waals surface area contributed by atoms with Crippen LogP contribution in [-0.4, -0.2) is 36.4 Å². The van der Waals surface area contributed by atoms with E-state index < -0.39 is 18.3 Å². The van der Waals surface area contributed by atoms with Crippen LogP contribution in [0.4, 0.5) is 13.6 Å². The summed E-state index contributed by atoms with van der Waals surface area (Å²) >= 11 is 0. The molecule has 21 heavy (non-hydrogen) atoms. The molecule has 0 bridgehead atoms. The van der Waals surface area contributed by atoms with Crippen LogP contribution in [-0.2, 0) is 16.0 Å². The molecule has 0 atom stereocenters. The molecule has 0 radical (unpaired) electrons.